The summed E-state index contributed by atoms with van der Waals surface area (Å²) in [5.41, 5.74) is 0.411. The average molecular weight is 313 g/mol. The molecule has 0 amide bonds. The molecule has 0 heterocycles. The predicted molar refractivity (Wildman–Crippen MR) is 77.3 cm³/mol. The second-order valence-electron chi connectivity index (χ2n) is 4.27. The van der Waals surface area contributed by atoms with Crippen LogP contribution in [0, 0.1) is 17.2 Å². The molecule has 1 rings (SSSR count). The van der Waals surface area contributed by atoms with Crippen LogP contribution in [-0.4, -0.2) is 36.8 Å². The lowest BCUT2D eigenvalue weighted by Crippen LogP contribution is -2.14. The first-order chi connectivity index (χ1) is 9.36. The minimum Gasteiger partial charge on any atom is -0.481 e. The number of sulfone groups is 1. The topological polar surface area (TPSA) is 95.2 Å². The number of hydrogen-bond donors (Lipinski definition) is 1. The van der Waals surface area contributed by atoms with Crippen molar-refractivity contribution in [1.82, 2.24) is 0 Å². The standard InChI is InChI=1S/C13H15NO4S2/c1-10(13(15)16)9-19-6-7-20(17,18)12-4-2-11(8-14)3-5-12/h2-5,10H,6-7,9H2,1H3,(H,15,16). The maximum absolute atomic E-state index is 12.0. The molecule has 1 aromatic rings. The van der Waals surface area contributed by atoms with Crippen LogP contribution in [0.1, 0.15) is 12.5 Å². The molecule has 1 N–H and O–H groups in total. The van der Waals surface area contributed by atoms with Gasteiger partial charge in [0.25, 0.3) is 0 Å². The number of carboxylic acid groups (broad SMARTS) is 1. The van der Waals surface area contributed by atoms with Gasteiger partial charge < -0.3 is 5.11 Å². The molecule has 0 aromatic heterocycles. The lowest BCUT2D eigenvalue weighted by Gasteiger charge is -2.07. The van der Waals surface area contributed by atoms with Gasteiger partial charge in [-0.3, -0.25) is 4.79 Å². The Morgan fingerprint density at radius 3 is 2.50 bits per heavy atom. The van der Waals surface area contributed by atoms with Crippen LogP contribution in [0.25, 0.3) is 0 Å². The molecule has 0 aliphatic heterocycles. The number of nitriles is 1. The van der Waals surface area contributed by atoms with Crippen LogP contribution in [0.4, 0.5) is 0 Å². The summed E-state index contributed by atoms with van der Waals surface area (Å²) in [6.07, 6.45) is 0. The fourth-order valence-electron chi connectivity index (χ4n) is 1.35. The minimum atomic E-state index is -3.38. The summed E-state index contributed by atoms with van der Waals surface area (Å²) in [5, 5.41) is 17.4. The van der Waals surface area contributed by atoms with Crippen LogP contribution >= 0.6 is 11.8 Å². The normalized spacial score (nSPS) is 12.6. The van der Waals surface area contributed by atoms with E-state index in [9.17, 15) is 13.2 Å². The predicted octanol–water partition coefficient (Wildman–Crippen LogP) is 1.79. The van der Waals surface area contributed by atoms with E-state index in [4.69, 9.17) is 10.4 Å². The van der Waals surface area contributed by atoms with E-state index in [1.807, 2.05) is 6.07 Å². The Kier molecular flexibility index (Phi) is 6.05. The fraction of sp³-hybridized carbons (Fsp3) is 0.385. The maximum atomic E-state index is 12.0. The fourth-order valence-corrected chi connectivity index (χ4v) is 4.15. The zero-order valence-electron chi connectivity index (χ0n) is 10.9. The van der Waals surface area contributed by atoms with Crippen molar-refractivity contribution < 1.29 is 18.3 Å². The first-order valence-corrected chi connectivity index (χ1v) is 8.71. The molecule has 0 saturated carbocycles. The average Bonchev–Trinajstić information content (AvgIpc) is 2.43. The Bertz CT molecular complexity index is 602. The Labute approximate surface area is 122 Å². The van der Waals surface area contributed by atoms with Gasteiger partial charge >= 0.3 is 5.97 Å². The summed E-state index contributed by atoms with van der Waals surface area (Å²) in [4.78, 5) is 10.8. The summed E-state index contributed by atoms with van der Waals surface area (Å²) in [5.74, 6) is -0.682. The van der Waals surface area contributed by atoms with Crippen LogP contribution in [-0.2, 0) is 14.6 Å². The molecule has 7 heteroatoms. The monoisotopic (exact) mass is 313 g/mol. The highest BCUT2D eigenvalue weighted by molar-refractivity contribution is 8.00. The van der Waals surface area contributed by atoms with E-state index in [1.165, 1.54) is 36.0 Å². The second-order valence-corrected chi connectivity index (χ2v) is 7.53. The summed E-state index contributed by atoms with van der Waals surface area (Å²) in [6.45, 7) is 1.59. The van der Waals surface area contributed by atoms with E-state index >= 15 is 0 Å². The van der Waals surface area contributed by atoms with Gasteiger partial charge in [-0.05, 0) is 24.3 Å². The summed E-state index contributed by atoms with van der Waals surface area (Å²) < 4.78 is 24.0. The number of thioether (sulfide) groups is 1. The molecule has 0 radical (unpaired) electrons. The van der Waals surface area contributed by atoms with Crippen molar-refractivity contribution in [3.05, 3.63) is 29.8 Å². The van der Waals surface area contributed by atoms with Crippen LogP contribution in [0.15, 0.2) is 29.2 Å². The van der Waals surface area contributed by atoms with Crippen LogP contribution in [0.2, 0.25) is 0 Å². The number of benzene rings is 1. The molecule has 0 saturated heterocycles. The number of carboxylic acids is 1. The Morgan fingerprint density at radius 1 is 1.40 bits per heavy atom. The van der Waals surface area contributed by atoms with Crippen molar-refractivity contribution in [3.63, 3.8) is 0 Å². The first-order valence-electron chi connectivity index (χ1n) is 5.90. The van der Waals surface area contributed by atoms with Crippen molar-refractivity contribution in [2.75, 3.05) is 17.3 Å². The quantitative estimate of drug-likeness (QED) is 0.771. The third-order valence-corrected chi connectivity index (χ3v) is 5.85. The molecule has 108 valence electrons. The van der Waals surface area contributed by atoms with Crippen LogP contribution < -0.4 is 0 Å². The molecule has 1 atom stereocenters. The van der Waals surface area contributed by atoms with Gasteiger partial charge in [-0.25, -0.2) is 8.42 Å². The van der Waals surface area contributed by atoms with Crippen LogP contribution in [0.3, 0.4) is 0 Å². The van der Waals surface area contributed by atoms with E-state index < -0.39 is 21.7 Å². The highest BCUT2D eigenvalue weighted by Gasteiger charge is 2.15. The molecule has 0 aliphatic carbocycles. The van der Waals surface area contributed by atoms with E-state index in [2.05, 4.69) is 0 Å². The van der Waals surface area contributed by atoms with Gasteiger partial charge in [0.05, 0.1) is 28.2 Å². The first kappa shape index (κ1) is 16.5. The third kappa shape index (κ3) is 4.87. The van der Waals surface area contributed by atoms with Crippen LogP contribution in [0.5, 0.6) is 0 Å². The highest BCUT2D eigenvalue weighted by atomic mass is 32.2. The molecule has 1 aromatic carbocycles. The lowest BCUT2D eigenvalue weighted by molar-refractivity contribution is -0.140. The summed E-state index contributed by atoms with van der Waals surface area (Å²) >= 11 is 1.31. The third-order valence-electron chi connectivity index (χ3n) is 2.63. The Hall–Kier alpha value is -1.52. The molecule has 1 unspecified atom stereocenters. The highest BCUT2D eigenvalue weighted by Crippen LogP contribution is 2.15. The molecule has 5 nitrogen and oxygen atoms in total. The van der Waals surface area contributed by atoms with Gasteiger partial charge in [0, 0.05) is 11.5 Å². The SMILES string of the molecule is CC(CSCCS(=O)(=O)c1ccc(C#N)cc1)C(=O)O. The number of carbonyl (C=O) groups is 1. The van der Waals surface area contributed by atoms with E-state index in [1.54, 1.807) is 6.92 Å². The maximum Gasteiger partial charge on any atom is 0.307 e. The Morgan fingerprint density at radius 2 is 2.00 bits per heavy atom. The molecule has 0 bridgehead atoms. The molecule has 0 aliphatic rings. The minimum absolute atomic E-state index is 0.0457. The molecular formula is C13H15NO4S2. The summed E-state index contributed by atoms with van der Waals surface area (Å²) in [6, 6.07) is 7.69. The van der Waals surface area contributed by atoms with E-state index in [0.717, 1.165) is 0 Å². The smallest absolute Gasteiger partial charge is 0.307 e. The largest absolute Gasteiger partial charge is 0.481 e. The number of nitrogens with zero attached hydrogens (tertiary/aromatic N) is 1. The van der Waals surface area contributed by atoms with Gasteiger partial charge in [-0.1, -0.05) is 6.92 Å². The van der Waals surface area contributed by atoms with Gasteiger partial charge in [0.15, 0.2) is 9.84 Å². The summed E-state index contributed by atoms with van der Waals surface area (Å²) in [7, 11) is -3.38. The van der Waals surface area contributed by atoms with Crippen molar-refractivity contribution in [1.29, 1.82) is 5.26 Å². The van der Waals surface area contributed by atoms with Crippen molar-refractivity contribution in [3.8, 4) is 6.07 Å². The van der Waals surface area contributed by atoms with Gasteiger partial charge in [-0.15, -0.1) is 0 Å². The van der Waals surface area contributed by atoms with Crippen molar-refractivity contribution >= 4 is 27.6 Å². The van der Waals surface area contributed by atoms with Gasteiger partial charge in [0.1, 0.15) is 0 Å². The second kappa shape index (κ2) is 7.31. The van der Waals surface area contributed by atoms with Gasteiger partial charge in [-0.2, -0.15) is 17.0 Å². The number of hydrogen-bond acceptors (Lipinski definition) is 5. The van der Waals surface area contributed by atoms with Gasteiger partial charge in [0.2, 0.25) is 0 Å². The molecule has 0 spiro atoms. The van der Waals surface area contributed by atoms with E-state index in [0.29, 0.717) is 17.1 Å². The zero-order chi connectivity index (χ0) is 15.2. The number of aliphatic carboxylic acids is 1. The molecule has 20 heavy (non-hydrogen) atoms. The molecule has 0 fully saturated rings. The van der Waals surface area contributed by atoms with Crippen molar-refractivity contribution in [2.24, 2.45) is 5.92 Å². The zero-order valence-corrected chi connectivity index (χ0v) is 12.6. The van der Waals surface area contributed by atoms with E-state index in [-0.39, 0.29) is 10.6 Å². The number of rotatable bonds is 7. The lowest BCUT2D eigenvalue weighted by atomic mass is 10.2. The Balaban J connectivity index is 2.53. The van der Waals surface area contributed by atoms with Crippen molar-refractivity contribution in [2.45, 2.75) is 11.8 Å². The molecular weight excluding hydrogens is 298 g/mol.